The summed E-state index contributed by atoms with van der Waals surface area (Å²) >= 11 is 3.12. The number of hydrogen-bond donors (Lipinski definition) is 1. The van der Waals surface area contributed by atoms with Crippen LogP contribution in [0, 0.1) is 0 Å². The summed E-state index contributed by atoms with van der Waals surface area (Å²) in [5, 5.41) is 3.67. The summed E-state index contributed by atoms with van der Waals surface area (Å²) < 4.78 is 0. The Kier molecular flexibility index (Phi) is 5.49. The lowest BCUT2D eigenvalue weighted by Gasteiger charge is -2.11. The zero-order valence-electron chi connectivity index (χ0n) is 11.4. The molecule has 0 aliphatic heterocycles. The molecular weight excluding hydrogens is 288 g/mol. The van der Waals surface area contributed by atoms with Crippen LogP contribution in [-0.4, -0.2) is 22.4 Å². The molecule has 0 aliphatic rings. The fraction of sp³-hybridized carbons (Fsp3) is 0.200. The first-order chi connectivity index (χ1) is 9.69. The highest BCUT2D eigenvalue weighted by Crippen LogP contribution is 2.23. The van der Waals surface area contributed by atoms with Gasteiger partial charge in [-0.2, -0.15) is 0 Å². The molecule has 0 radical (unpaired) electrons. The predicted molar refractivity (Wildman–Crippen MR) is 86.4 cm³/mol. The highest BCUT2D eigenvalue weighted by atomic mass is 32.2. The van der Waals surface area contributed by atoms with Crippen LogP contribution in [0.5, 0.6) is 0 Å². The summed E-state index contributed by atoms with van der Waals surface area (Å²) in [6.45, 7) is 1.90. The molecular formula is C15H16N2OS2. The number of benzene rings is 1. The normalized spacial score (nSPS) is 11.9. The molecule has 0 bridgehead atoms. The molecule has 3 nitrogen and oxygen atoms in total. The molecule has 0 spiro atoms. The van der Waals surface area contributed by atoms with Crippen LogP contribution in [0.15, 0.2) is 58.6 Å². The van der Waals surface area contributed by atoms with E-state index in [0.29, 0.717) is 0 Å². The van der Waals surface area contributed by atoms with Crippen molar-refractivity contribution in [1.82, 2.24) is 4.98 Å². The Morgan fingerprint density at radius 1 is 1.20 bits per heavy atom. The number of pyridine rings is 1. The number of nitrogens with zero attached hydrogens (tertiary/aromatic N) is 1. The van der Waals surface area contributed by atoms with Crippen molar-refractivity contribution in [3.05, 3.63) is 48.7 Å². The zero-order valence-corrected chi connectivity index (χ0v) is 13.0. The Morgan fingerprint density at radius 2 is 1.95 bits per heavy atom. The fourth-order valence-electron chi connectivity index (χ4n) is 1.58. The maximum atomic E-state index is 12.1. The summed E-state index contributed by atoms with van der Waals surface area (Å²) in [7, 11) is 0. The van der Waals surface area contributed by atoms with Gasteiger partial charge in [0.2, 0.25) is 5.91 Å². The van der Waals surface area contributed by atoms with Crippen LogP contribution in [0.4, 0.5) is 5.69 Å². The smallest absolute Gasteiger partial charge is 0.237 e. The Morgan fingerprint density at radius 3 is 2.55 bits per heavy atom. The van der Waals surface area contributed by atoms with Crippen molar-refractivity contribution in [2.75, 3.05) is 11.6 Å². The van der Waals surface area contributed by atoms with E-state index in [1.807, 2.05) is 55.6 Å². The molecule has 5 heteroatoms. The van der Waals surface area contributed by atoms with E-state index >= 15 is 0 Å². The van der Waals surface area contributed by atoms with E-state index in [-0.39, 0.29) is 11.2 Å². The molecule has 1 unspecified atom stereocenters. The summed E-state index contributed by atoms with van der Waals surface area (Å²) in [5.74, 6) is -0.0162. The second kappa shape index (κ2) is 7.36. The van der Waals surface area contributed by atoms with Gasteiger partial charge >= 0.3 is 0 Å². The number of nitrogens with one attached hydrogen (secondary N) is 1. The van der Waals surface area contributed by atoms with Crippen molar-refractivity contribution in [1.29, 1.82) is 0 Å². The lowest BCUT2D eigenvalue weighted by molar-refractivity contribution is -0.115. The number of aromatic nitrogens is 1. The number of amides is 1. The Hall–Kier alpha value is -1.46. The van der Waals surface area contributed by atoms with E-state index in [1.54, 1.807) is 29.7 Å². The molecule has 1 N–H and O–H groups in total. The monoisotopic (exact) mass is 304 g/mol. The van der Waals surface area contributed by atoms with Crippen LogP contribution in [0.2, 0.25) is 0 Å². The van der Waals surface area contributed by atoms with E-state index in [1.165, 1.54) is 0 Å². The molecule has 1 aromatic heterocycles. The van der Waals surface area contributed by atoms with Gasteiger partial charge in [-0.3, -0.25) is 4.79 Å². The average molecular weight is 304 g/mol. The summed E-state index contributed by atoms with van der Waals surface area (Å²) in [6, 6.07) is 13.7. The molecule has 1 heterocycles. The van der Waals surface area contributed by atoms with Gasteiger partial charge in [0.1, 0.15) is 0 Å². The third kappa shape index (κ3) is 4.28. The molecule has 0 fully saturated rings. The number of carbonyl (C=O) groups excluding carboxylic acids is 1. The van der Waals surface area contributed by atoms with Crippen molar-refractivity contribution >= 4 is 35.1 Å². The van der Waals surface area contributed by atoms with Crippen LogP contribution in [0.3, 0.4) is 0 Å². The summed E-state index contributed by atoms with van der Waals surface area (Å²) in [6.07, 6.45) is 3.66. The Bertz CT molecular complexity index is 558. The van der Waals surface area contributed by atoms with Gasteiger partial charge in [0.15, 0.2) is 0 Å². The SMILES string of the molecule is CSc1ccc(NC(=O)C(C)Sc2ccccc2)cn1. The van der Waals surface area contributed by atoms with Gasteiger partial charge in [-0.05, 0) is 37.4 Å². The number of carbonyl (C=O) groups is 1. The average Bonchev–Trinajstić information content (AvgIpc) is 2.49. The van der Waals surface area contributed by atoms with E-state index in [0.717, 1.165) is 15.6 Å². The largest absolute Gasteiger partial charge is 0.324 e. The molecule has 1 amide bonds. The van der Waals surface area contributed by atoms with Crippen LogP contribution in [-0.2, 0) is 4.79 Å². The van der Waals surface area contributed by atoms with Gasteiger partial charge in [-0.25, -0.2) is 4.98 Å². The molecule has 2 rings (SSSR count). The van der Waals surface area contributed by atoms with Crippen molar-refractivity contribution in [3.63, 3.8) is 0 Å². The highest BCUT2D eigenvalue weighted by molar-refractivity contribution is 8.00. The standard InChI is InChI=1S/C15H16N2OS2/c1-11(20-13-6-4-3-5-7-13)15(18)17-12-8-9-14(19-2)16-10-12/h3-11H,1-2H3,(H,17,18). The minimum atomic E-state index is -0.155. The molecule has 2 aromatic rings. The van der Waals surface area contributed by atoms with E-state index in [9.17, 15) is 4.79 Å². The first kappa shape index (κ1) is 14.9. The summed E-state index contributed by atoms with van der Waals surface area (Å²) in [5.41, 5.74) is 0.730. The summed E-state index contributed by atoms with van der Waals surface area (Å²) in [4.78, 5) is 17.4. The third-order valence-electron chi connectivity index (χ3n) is 2.64. The quantitative estimate of drug-likeness (QED) is 0.850. The van der Waals surface area contributed by atoms with Crippen LogP contribution in [0.1, 0.15) is 6.92 Å². The topological polar surface area (TPSA) is 42.0 Å². The number of rotatable bonds is 5. The maximum Gasteiger partial charge on any atom is 0.237 e. The molecule has 0 saturated carbocycles. The lowest BCUT2D eigenvalue weighted by Crippen LogP contribution is -2.22. The number of hydrogen-bond acceptors (Lipinski definition) is 4. The van der Waals surface area contributed by atoms with Gasteiger partial charge < -0.3 is 5.32 Å². The van der Waals surface area contributed by atoms with E-state index in [4.69, 9.17) is 0 Å². The van der Waals surface area contributed by atoms with Gasteiger partial charge in [0, 0.05) is 4.90 Å². The third-order valence-corrected chi connectivity index (χ3v) is 4.41. The minimum absolute atomic E-state index is 0.0162. The van der Waals surface area contributed by atoms with Crippen LogP contribution in [0.25, 0.3) is 0 Å². The number of thioether (sulfide) groups is 2. The molecule has 1 aromatic carbocycles. The van der Waals surface area contributed by atoms with Crippen LogP contribution < -0.4 is 5.32 Å². The lowest BCUT2D eigenvalue weighted by atomic mass is 10.4. The van der Waals surface area contributed by atoms with E-state index < -0.39 is 0 Å². The Labute approximate surface area is 127 Å². The zero-order chi connectivity index (χ0) is 14.4. The minimum Gasteiger partial charge on any atom is -0.324 e. The predicted octanol–water partition coefficient (Wildman–Crippen LogP) is 3.92. The van der Waals surface area contributed by atoms with Crippen molar-refractivity contribution < 1.29 is 4.79 Å². The Balaban J connectivity index is 1.93. The molecule has 1 atom stereocenters. The molecule has 0 aliphatic carbocycles. The van der Waals surface area contributed by atoms with Crippen LogP contribution >= 0.6 is 23.5 Å². The fourth-order valence-corrected chi connectivity index (χ4v) is 2.83. The first-order valence-electron chi connectivity index (χ1n) is 6.21. The van der Waals surface area contributed by atoms with E-state index in [2.05, 4.69) is 10.3 Å². The van der Waals surface area contributed by atoms with Crippen molar-refractivity contribution in [2.45, 2.75) is 22.1 Å². The maximum absolute atomic E-state index is 12.1. The van der Waals surface area contributed by atoms with Gasteiger partial charge in [-0.15, -0.1) is 23.5 Å². The molecule has 20 heavy (non-hydrogen) atoms. The first-order valence-corrected chi connectivity index (χ1v) is 8.32. The molecule has 104 valence electrons. The van der Waals surface area contributed by atoms with Gasteiger partial charge in [0.25, 0.3) is 0 Å². The highest BCUT2D eigenvalue weighted by Gasteiger charge is 2.14. The second-order valence-corrected chi connectivity index (χ2v) is 6.39. The van der Waals surface area contributed by atoms with Crippen molar-refractivity contribution in [2.24, 2.45) is 0 Å². The van der Waals surface area contributed by atoms with Gasteiger partial charge in [0.05, 0.1) is 22.2 Å². The number of anilines is 1. The van der Waals surface area contributed by atoms with Crippen molar-refractivity contribution in [3.8, 4) is 0 Å². The van der Waals surface area contributed by atoms with Gasteiger partial charge in [-0.1, -0.05) is 18.2 Å². The second-order valence-electron chi connectivity index (χ2n) is 4.15. The molecule has 0 saturated heterocycles.